The summed E-state index contributed by atoms with van der Waals surface area (Å²) in [5.74, 6) is 0. The zero-order valence-corrected chi connectivity index (χ0v) is 10.6. The standard InChI is InChI=1S/C10H16ClNO4/c1-9(2,3)16-8(14)12-5-10(4,6-12)15-7(11)13/h5-6H2,1-4H3. The molecule has 1 saturated heterocycles. The third-order valence-electron chi connectivity index (χ3n) is 2.03. The van der Waals surface area contributed by atoms with Crippen molar-refractivity contribution in [2.75, 3.05) is 13.1 Å². The zero-order valence-electron chi connectivity index (χ0n) is 9.87. The first kappa shape index (κ1) is 13.1. The maximum Gasteiger partial charge on any atom is 0.410 e. The molecule has 16 heavy (non-hydrogen) atoms. The van der Waals surface area contributed by atoms with E-state index in [2.05, 4.69) is 0 Å². The Morgan fingerprint density at radius 3 is 2.19 bits per heavy atom. The van der Waals surface area contributed by atoms with Gasteiger partial charge in [0.15, 0.2) is 0 Å². The van der Waals surface area contributed by atoms with Crippen LogP contribution in [0, 0.1) is 0 Å². The van der Waals surface area contributed by atoms with Crippen LogP contribution < -0.4 is 0 Å². The molecule has 0 aromatic heterocycles. The van der Waals surface area contributed by atoms with Gasteiger partial charge in [0.05, 0.1) is 13.1 Å². The number of likely N-dealkylation sites (tertiary alicyclic amines) is 1. The molecule has 1 rings (SSSR count). The lowest BCUT2D eigenvalue weighted by Crippen LogP contribution is -2.63. The Kier molecular flexibility index (Phi) is 3.38. The fourth-order valence-electron chi connectivity index (χ4n) is 1.48. The summed E-state index contributed by atoms with van der Waals surface area (Å²) in [6, 6.07) is 0. The molecule has 0 aromatic carbocycles. The predicted octanol–water partition coefficient (Wildman–Crippen LogP) is 2.37. The Bertz CT molecular complexity index is 304. The van der Waals surface area contributed by atoms with E-state index >= 15 is 0 Å². The maximum atomic E-state index is 11.5. The molecule has 0 spiro atoms. The van der Waals surface area contributed by atoms with Crippen molar-refractivity contribution in [1.29, 1.82) is 0 Å². The summed E-state index contributed by atoms with van der Waals surface area (Å²) in [6.07, 6.45) is -0.407. The van der Waals surface area contributed by atoms with Gasteiger partial charge in [0.25, 0.3) is 0 Å². The average molecular weight is 250 g/mol. The summed E-state index contributed by atoms with van der Waals surface area (Å²) in [6.45, 7) is 7.71. The number of rotatable bonds is 1. The molecule has 0 radical (unpaired) electrons. The molecule has 0 atom stereocenters. The minimum absolute atomic E-state index is 0.306. The third kappa shape index (κ3) is 3.56. The van der Waals surface area contributed by atoms with E-state index in [0.29, 0.717) is 13.1 Å². The van der Waals surface area contributed by atoms with Crippen molar-refractivity contribution in [2.45, 2.75) is 38.9 Å². The lowest BCUT2D eigenvalue weighted by Gasteiger charge is -2.46. The molecule has 0 aliphatic carbocycles. The fraction of sp³-hybridized carbons (Fsp3) is 0.800. The van der Waals surface area contributed by atoms with Crippen molar-refractivity contribution in [1.82, 2.24) is 4.90 Å². The van der Waals surface area contributed by atoms with E-state index in [0.717, 1.165) is 0 Å². The van der Waals surface area contributed by atoms with Crippen molar-refractivity contribution < 1.29 is 19.1 Å². The number of ether oxygens (including phenoxy) is 2. The lowest BCUT2D eigenvalue weighted by atomic mass is 9.97. The van der Waals surface area contributed by atoms with Crippen molar-refractivity contribution >= 4 is 23.1 Å². The van der Waals surface area contributed by atoms with Crippen LogP contribution in [0.2, 0.25) is 0 Å². The first-order chi connectivity index (χ1) is 7.11. The van der Waals surface area contributed by atoms with Gasteiger partial charge in [-0.3, -0.25) is 0 Å². The number of halogens is 1. The Morgan fingerprint density at radius 2 is 1.81 bits per heavy atom. The van der Waals surface area contributed by atoms with Crippen LogP contribution in [0.5, 0.6) is 0 Å². The SMILES string of the molecule is CC(C)(C)OC(=O)N1CC(C)(OC(=O)Cl)C1. The molecule has 0 aromatic rings. The van der Waals surface area contributed by atoms with Gasteiger partial charge in [0.2, 0.25) is 0 Å². The van der Waals surface area contributed by atoms with Gasteiger partial charge in [0, 0.05) is 11.6 Å². The van der Waals surface area contributed by atoms with Crippen molar-refractivity contribution in [3.05, 3.63) is 0 Å². The molecule has 6 heteroatoms. The smallest absolute Gasteiger partial charge is 0.410 e. The fourth-order valence-corrected chi connectivity index (χ4v) is 1.66. The van der Waals surface area contributed by atoms with Crippen LogP contribution in [0.3, 0.4) is 0 Å². The molecule has 1 aliphatic rings. The van der Waals surface area contributed by atoms with Gasteiger partial charge in [-0.2, -0.15) is 0 Å². The maximum absolute atomic E-state index is 11.5. The highest BCUT2D eigenvalue weighted by Gasteiger charge is 2.45. The summed E-state index contributed by atoms with van der Waals surface area (Å²) < 4.78 is 10.0. The Balaban J connectivity index is 2.41. The van der Waals surface area contributed by atoms with Gasteiger partial charge in [-0.05, 0) is 27.7 Å². The molecule has 1 heterocycles. The van der Waals surface area contributed by atoms with Gasteiger partial charge in [-0.15, -0.1) is 0 Å². The Hall–Kier alpha value is -0.970. The van der Waals surface area contributed by atoms with E-state index in [4.69, 9.17) is 21.1 Å². The molecular weight excluding hydrogens is 234 g/mol. The largest absolute Gasteiger partial charge is 0.444 e. The molecule has 1 amide bonds. The average Bonchev–Trinajstić information content (AvgIpc) is 1.94. The van der Waals surface area contributed by atoms with Gasteiger partial charge < -0.3 is 14.4 Å². The molecule has 0 bridgehead atoms. The number of hydrogen-bond donors (Lipinski definition) is 0. The quantitative estimate of drug-likeness (QED) is 0.670. The highest BCUT2D eigenvalue weighted by molar-refractivity contribution is 6.61. The summed E-state index contributed by atoms with van der Waals surface area (Å²) in [5, 5.41) is 0. The number of nitrogens with zero attached hydrogens (tertiary/aromatic N) is 1. The van der Waals surface area contributed by atoms with E-state index in [1.807, 2.05) is 0 Å². The van der Waals surface area contributed by atoms with Crippen molar-refractivity contribution in [2.24, 2.45) is 0 Å². The van der Waals surface area contributed by atoms with E-state index < -0.39 is 22.7 Å². The van der Waals surface area contributed by atoms with E-state index in [1.54, 1.807) is 27.7 Å². The van der Waals surface area contributed by atoms with E-state index in [1.165, 1.54) is 4.90 Å². The highest BCUT2D eigenvalue weighted by Crippen LogP contribution is 2.27. The topological polar surface area (TPSA) is 55.8 Å². The monoisotopic (exact) mass is 249 g/mol. The summed E-state index contributed by atoms with van der Waals surface area (Å²) in [5.41, 5.74) is -2.06. The Morgan fingerprint density at radius 1 is 1.31 bits per heavy atom. The molecule has 0 N–H and O–H groups in total. The lowest BCUT2D eigenvalue weighted by molar-refractivity contribution is -0.0856. The zero-order chi connectivity index (χ0) is 12.6. The summed E-state index contributed by atoms with van der Waals surface area (Å²) in [7, 11) is 0. The van der Waals surface area contributed by atoms with Crippen LogP contribution in [0.25, 0.3) is 0 Å². The second kappa shape index (κ2) is 4.13. The van der Waals surface area contributed by atoms with Crippen LogP contribution in [0.1, 0.15) is 27.7 Å². The van der Waals surface area contributed by atoms with Crippen molar-refractivity contribution in [3.63, 3.8) is 0 Å². The number of carbonyl (C=O) groups excluding carboxylic acids is 2. The number of hydrogen-bond acceptors (Lipinski definition) is 4. The van der Waals surface area contributed by atoms with Crippen LogP contribution >= 0.6 is 11.6 Å². The summed E-state index contributed by atoms with van der Waals surface area (Å²) >= 11 is 5.11. The van der Waals surface area contributed by atoms with Gasteiger partial charge >= 0.3 is 11.5 Å². The minimum Gasteiger partial charge on any atom is -0.444 e. The highest BCUT2D eigenvalue weighted by atomic mass is 35.5. The normalized spacial score (nSPS) is 18.7. The van der Waals surface area contributed by atoms with Crippen LogP contribution in [0.15, 0.2) is 0 Å². The predicted molar refractivity (Wildman–Crippen MR) is 58.5 cm³/mol. The molecule has 0 saturated carbocycles. The van der Waals surface area contributed by atoms with Crippen molar-refractivity contribution in [3.8, 4) is 0 Å². The second-order valence-corrected chi connectivity index (χ2v) is 5.43. The Labute approximate surface area is 99.6 Å². The minimum atomic E-state index is -0.855. The molecule has 5 nitrogen and oxygen atoms in total. The number of carbonyl (C=O) groups is 2. The second-order valence-electron chi connectivity index (χ2n) is 5.13. The molecule has 1 aliphatic heterocycles. The van der Waals surface area contributed by atoms with E-state index in [9.17, 15) is 9.59 Å². The van der Waals surface area contributed by atoms with Crippen LogP contribution in [-0.2, 0) is 9.47 Å². The summed E-state index contributed by atoms with van der Waals surface area (Å²) in [4.78, 5) is 23.6. The first-order valence-corrected chi connectivity index (χ1v) is 5.35. The third-order valence-corrected chi connectivity index (χ3v) is 2.11. The van der Waals surface area contributed by atoms with Crippen LogP contribution in [-0.4, -0.2) is 40.7 Å². The van der Waals surface area contributed by atoms with Crippen LogP contribution in [0.4, 0.5) is 9.59 Å². The first-order valence-electron chi connectivity index (χ1n) is 4.98. The van der Waals surface area contributed by atoms with E-state index in [-0.39, 0.29) is 0 Å². The van der Waals surface area contributed by atoms with Gasteiger partial charge in [0.1, 0.15) is 11.2 Å². The molecule has 1 fully saturated rings. The molecule has 92 valence electrons. The van der Waals surface area contributed by atoms with Gasteiger partial charge in [-0.1, -0.05) is 0 Å². The molecule has 0 unspecified atom stereocenters. The molecular formula is C10H16ClNO4. The number of amides is 1. The van der Waals surface area contributed by atoms with Gasteiger partial charge in [-0.25, -0.2) is 9.59 Å².